The van der Waals surface area contributed by atoms with Gasteiger partial charge in [-0.15, -0.1) is 0 Å². The minimum absolute atomic E-state index is 0.214. The molecule has 1 aromatic heterocycles. The van der Waals surface area contributed by atoms with E-state index < -0.39 is 0 Å². The summed E-state index contributed by atoms with van der Waals surface area (Å²) in [5.41, 5.74) is 5.33. The van der Waals surface area contributed by atoms with Gasteiger partial charge in [-0.2, -0.15) is 16.9 Å². The first kappa shape index (κ1) is 19.8. The summed E-state index contributed by atoms with van der Waals surface area (Å²) in [6.45, 7) is 4.29. The molecule has 0 amide bonds. The van der Waals surface area contributed by atoms with Gasteiger partial charge in [0.2, 0.25) is 0 Å². The lowest BCUT2D eigenvalue weighted by molar-refractivity contribution is 0.101. The maximum atomic E-state index is 14.4. The summed E-state index contributed by atoms with van der Waals surface area (Å²) in [4.78, 5) is 0. The normalized spacial score (nSPS) is 22.3. The number of nitrogens with zero attached hydrogens (tertiary/aromatic N) is 1. The fraction of sp³-hybridized carbons (Fsp3) is 0.522. The molecule has 5 rings (SSSR count). The predicted octanol–water partition coefficient (Wildman–Crippen LogP) is 5.70. The first-order valence-corrected chi connectivity index (χ1v) is 12.1. The first-order chi connectivity index (χ1) is 14.5. The summed E-state index contributed by atoms with van der Waals surface area (Å²) in [6.07, 6.45) is 5.62. The minimum atomic E-state index is -0.214. The Bertz CT molecular complexity index is 964. The molecule has 3 aliphatic rings. The molecule has 1 aromatic carbocycles. The second kappa shape index (κ2) is 8.17. The van der Waals surface area contributed by atoms with Crippen LogP contribution in [0, 0.1) is 5.82 Å². The number of thioether (sulfide) groups is 1. The monoisotopic (exact) mass is 428 g/mol. The summed E-state index contributed by atoms with van der Waals surface area (Å²) in [5.74, 6) is 3.70. The van der Waals surface area contributed by atoms with Crippen molar-refractivity contribution < 1.29 is 9.13 Å². The van der Waals surface area contributed by atoms with Crippen molar-refractivity contribution in [2.75, 3.05) is 5.32 Å². The summed E-state index contributed by atoms with van der Waals surface area (Å²) in [6, 6.07) is 5.97. The van der Waals surface area contributed by atoms with Gasteiger partial charge in [0.1, 0.15) is 11.9 Å². The Morgan fingerprint density at radius 3 is 2.77 bits per heavy atom. The van der Waals surface area contributed by atoms with Gasteiger partial charge in [-0.05, 0) is 74.8 Å². The maximum Gasteiger partial charge on any atom is 0.186 e. The van der Waals surface area contributed by atoms with E-state index in [4.69, 9.17) is 4.74 Å². The highest BCUT2D eigenvalue weighted by Crippen LogP contribution is 2.39. The van der Waals surface area contributed by atoms with Gasteiger partial charge in [0.15, 0.2) is 11.7 Å². The number of rotatable bonds is 7. The third kappa shape index (κ3) is 4.31. The van der Waals surface area contributed by atoms with E-state index in [-0.39, 0.29) is 11.9 Å². The number of nitrogens with one attached hydrogen (secondary N) is 3. The molecule has 2 heterocycles. The van der Waals surface area contributed by atoms with E-state index in [1.54, 1.807) is 6.07 Å². The Morgan fingerprint density at radius 2 is 2.00 bits per heavy atom. The Morgan fingerprint density at radius 1 is 1.20 bits per heavy atom. The highest BCUT2D eigenvalue weighted by molar-refractivity contribution is 7.98. The van der Waals surface area contributed by atoms with Crippen LogP contribution >= 0.6 is 11.8 Å². The molecule has 7 heteroatoms. The van der Waals surface area contributed by atoms with Crippen LogP contribution in [-0.4, -0.2) is 22.3 Å². The van der Waals surface area contributed by atoms with Crippen LogP contribution in [0.3, 0.4) is 0 Å². The zero-order chi connectivity index (χ0) is 20.7. The van der Waals surface area contributed by atoms with Crippen LogP contribution in [0.25, 0.3) is 0 Å². The van der Waals surface area contributed by atoms with E-state index in [9.17, 15) is 4.39 Å². The summed E-state index contributed by atoms with van der Waals surface area (Å²) in [7, 11) is 0. The molecule has 2 aliphatic carbocycles. The van der Waals surface area contributed by atoms with Crippen molar-refractivity contribution in [2.45, 2.75) is 75.5 Å². The molecule has 2 fully saturated rings. The number of allylic oxidation sites excluding steroid dienone is 1. The van der Waals surface area contributed by atoms with Crippen LogP contribution < -0.4 is 10.6 Å². The number of benzene rings is 1. The minimum Gasteiger partial charge on any atom is -0.476 e. The van der Waals surface area contributed by atoms with Crippen LogP contribution in [0.15, 0.2) is 29.7 Å². The molecule has 0 saturated heterocycles. The van der Waals surface area contributed by atoms with Gasteiger partial charge in [0.25, 0.3) is 0 Å². The number of H-pyrrole nitrogens is 1. The van der Waals surface area contributed by atoms with Gasteiger partial charge in [0, 0.05) is 35.2 Å². The molecule has 0 bridgehead atoms. The summed E-state index contributed by atoms with van der Waals surface area (Å²) < 4.78 is 20.8. The van der Waals surface area contributed by atoms with Crippen molar-refractivity contribution in [2.24, 2.45) is 0 Å². The maximum absolute atomic E-state index is 14.4. The van der Waals surface area contributed by atoms with Gasteiger partial charge in [0.05, 0.1) is 5.69 Å². The van der Waals surface area contributed by atoms with Gasteiger partial charge in [-0.1, -0.05) is 0 Å². The van der Waals surface area contributed by atoms with E-state index >= 15 is 0 Å². The van der Waals surface area contributed by atoms with E-state index in [2.05, 4.69) is 34.7 Å². The largest absolute Gasteiger partial charge is 0.476 e. The zero-order valence-corrected chi connectivity index (χ0v) is 18.4. The number of anilines is 2. The van der Waals surface area contributed by atoms with Gasteiger partial charge >= 0.3 is 0 Å². The molecular weight excluding hydrogens is 399 g/mol. The molecule has 30 heavy (non-hydrogen) atoms. The molecular formula is C23H29FN4OS. The molecule has 160 valence electrons. The van der Waals surface area contributed by atoms with Crippen molar-refractivity contribution in [3.63, 3.8) is 0 Å². The molecule has 2 unspecified atom stereocenters. The van der Waals surface area contributed by atoms with E-state index in [1.807, 2.05) is 23.9 Å². The molecule has 0 spiro atoms. The number of fused-ring (bicyclic) bond motifs is 1. The van der Waals surface area contributed by atoms with Crippen LogP contribution in [-0.2, 0) is 16.2 Å². The average molecular weight is 429 g/mol. The Balaban J connectivity index is 1.22. The molecule has 3 N–H and O–H groups in total. The lowest BCUT2D eigenvalue weighted by Gasteiger charge is -2.20. The standard InChI is InChI=1S/C23H29FN4OS/c1-13(2)25-23(14-3-4-14)29-18-6-5-15(7-18)20-10-22(28-27-20)26-21-9-17-12-30-11-16(17)8-19(21)24/h8-10,13,15,18,25H,3-7,11-12H2,1-2H3,(H2,26,27,28). The van der Waals surface area contributed by atoms with Crippen LogP contribution in [0.5, 0.6) is 0 Å². The van der Waals surface area contributed by atoms with Crippen molar-refractivity contribution >= 4 is 23.3 Å². The molecule has 2 atom stereocenters. The molecule has 2 aromatic rings. The van der Waals surface area contributed by atoms with E-state index in [1.165, 1.54) is 11.1 Å². The second-order valence-corrected chi connectivity index (χ2v) is 9.89. The van der Waals surface area contributed by atoms with Gasteiger partial charge < -0.3 is 15.4 Å². The fourth-order valence-corrected chi connectivity index (χ4v) is 5.39. The topological polar surface area (TPSA) is 62.0 Å². The zero-order valence-electron chi connectivity index (χ0n) is 17.6. The van der Waals surface area contributed by atoms with Crippen LogP contribution in [0.2, 0.25) is 0 Å². The van der Waals surface area contributed by atoms with E-state index in [0.29, 0.717) is 23.5 Å². The summed E-state index contributed by atoms with van der Waals surface area (Å²) in [5, 5.41) is 14.2. The quantitative estimate of drug-likeness (QED) is 0.494. The van der Waals surface area contributed by atoms with Gasteiger partial charge in [-0.3, -0.25) is 5.10 Å². The number of ether oxygens (including phenoxy) is 1. The van der Waals surface area contributed by atoms with Crippen molar-refractivity contribution in [1.82, 2.24) is 15.5 Å². The first-order valence-electron chi connectivity index (χ1n) is 10.9. The van der Waals surface area contributed by atoms with Crippen molar-refractivity contribution in [3.8, 4) is 0 Å². The van der Waals surface area contributed by atoms with E-state index in [0.717, 1.165) is 60.8 Å². The average Bonchev–Trinajstić information content (AvgIpc) is 3.07. The molecule has 0 radical (unpaired) electrons. The SMILES string of the molecule is CC(C)NC(OC1CCC(c2cc(Nc3cc4c(cc3F)CSC4)n[nH]2)C1)=C1CC1. The highest BCUT2D eigenvalue weighted by atomic mass is 32.2. The molecule has 2 saturated carbocycles. The Hall–Kier alpha value is -2.15. The number of aromatic nitrogens is 2. The number of hydrogen-bond acceptors (Lipinski definition) is 5. The lowest BCUT2D eigenvalue weighted by Crippen LogP contribution is -2.26. The second-order valence-electron chi connectivity index (χ2n) is 8.91. The van der Waals surface area contributed by atoms with Crippen molar-refractivity contribution in [3.05, 3.63) is 52.3 Å². The fourth-order valence-electron chi connectivity index (χ4n) is 4.31. The number of aromatic amines is 1. The smallest absolute Gasteiger partial charge is 0.186 e. The third-order valence-electron chi connectivity index (χ3n) is 6.01. The Labute approximate surface area is 181 Å². The Kier molecular flexibility index (Phi) is 5.39. The van der Waals surface area contributed by atoms with Crippen molar-refractivity contribution in [1.29, 1.82) is 0 Å². The molecule has 5 nitrogen and oxygen atoms in total. The number of halogens is 1. The summed E-state index contributed by atoms with van der Waals surface area (Å²) >= 11 is 1.82. The van der Waals surface area contributed by atoms with Crippen LogP contribution in [0.1, 0.15) is 68.7 Å². The highest BCUT2D eigenvalue weighted by Gasteiger charge is 2.31. The molecule has 1 aliphatic heterocycles. The van der Waals surface area contributed by atoms with Crippen LogP contribution in [0.4, 0.5) is 15.9 Å². The lowest BCUT2D eigenvalue weighted by atomic mass is 10.0. The van der Waals surface area contributed by atoms with Gasteiger partial charge in [-0.25, -0.2) is 4.39 Å². The predicted molar refractivity (Wildman–Crippen MR) is 119 cm³/mol. The number of hydrogen-bond donors (Lipinski definition) is 3. The third-order valence-corrected chi connectivity index (χ3v) is 7.04.